The molecule has 2 aromatic rings. The summed E-state index contributed by atoms with van der Waals surface area (Å²) in [6, 6.07) is 16.3. The van der Waals surface area contributed by atoms with Gasteiger partial charge in [0.2, 0.25) is 15.8 Å². The van der Waals surface area contributed by atoms with Crippen molar-refractivity contribution in [2.75, 3.05) is 65.0 Å². The van der Waals surface area contributed by atoms with E-state index in [9.17, 15) is 53.1 Å². The molecule has 0 radical (unpaired) electrons. The number of nitrogens with one attached hydrogen (secondary N) is 2. The van der Waals surface area contributed by atoms with E-state index in [0.29, 0.717) is 81.1 Å². The zero-order chi connectivity index (χ0) is 71.2. The van der Waals surface area contributed by atoms with Crippen molar-refractivity contribution in [2.45, 2.75) is 249 Å². The summed E-state index contributed by atoms with van der Waals surface area (Å²) in [6.45, 7) is 21.1. The number of methoxy groups -OCH3 is 3. The van der Waals surface area contributed by atoms with Crippen molar-refractivity contribution in [2.24, 2.45) is 35.5 Å². The number of hydrogen-bond donors (Lipinski definition) is 7. The van der Waals surface area contributed by atoms with E-state index in [-0.39, 0.29) is 49.5 Å². The maximum atomic E-state index is 14.3. The Balaban J connectivity index is 0.000000298. The Hall–Kier alpha value is -4.75. The first-order valence-corrected chi connectivity index (χ1v) is 37.8. The number of ketones is 2. The first-order valence-electron chi connectivity index (χ1n) is 35.9. The number of likely N-dealkylation sites (tertiary alicyclic amines) is 1. The van der Waals surface area contributed by atoms with E-state index in [1.807, 2.05) is 46.8 Å². The van der Waals surface area contributed by atoms with Gasteiger partial charge in [0.1, 0.15) is 24.0 Å². The highest BCUT2D eigenvalue weighted by Crippen LogP contribution is 2.43. The molecule has 5 fully saturated rings. The molecule has 2 unspecified atom stereocenters. The Morgan fingerprint density at radius 2 is 1.42 bits per heavy atom. The quantitative estimate of drug-likeness (QED) is 0.0415. The molecule has 6 aliphatic rings. The second kappa shape index (κ2) is 38.9. The number of aliphatic hydroxyl groups excluding tert-OH is 3. The number of nitrogens with zero attached hydrogens (tertiary/aromatic N) is 2. The molecule has 2 bridgehead atoms. The van der Waals surface area contributed by atoms with Crippen molar-refractivity contribution >= 4 is 39.2 Å². The van der Waals surface area contributed by atoms with E-state index in [2.05, 4.69) is 51.8 Å². The van der Waals surface area contributed by atoms with Crippen molar-refractivity contribution in [1.82, 2.24) is 15.1 Å². The van der Waals surface area contributed by atoms with Gasteiger partial charge in [0, 0.05) is 76.9 Å². The number of ether oxygens (including phenoxy) is 5. The minimum atomic E-state index is -3.26. The van der Waals surface area contributed by atoms with Gasteiger partial charge in [-0.1, -0.05) is 127 Å². The lowest BCUT2D eigenvalue weighted by molar-refractivity contribution is -0.302. The molecule has 7 N–H and O–H groups in total. The number of hydrogen-bond acceptors (Lipinski definition) is 18. The standard InChI is InChI=1S/C44H69NO12.C20H31NO.C12H20N2O3S/c1-10-13-31-19-25(2)18-26(3)20-37(54-8)40-38(55-9)22-28(5)44(52,57-40)41(49)42(50)45-17-12-11-14-32(45)43(51)56-39(29(6)34(47)24-35(31)48)27(4)21-30-15-16-33(46)36(23-30)53-7;22-20(18-10-4-1-5-11-18,19-12-6-2-7-13-19)14-17-21-15-8-3-9-16-21;1-9(2)13-8-12(15)10-4-6-11(7-5-10)14-18(3,16)17/h10,19,21,26,28-34,36-40,46-47,52H,1,11-18,20,22-24H2,2-9H3;1,4-5,10-11,19,22H,2-3,6-9,12-17H2;4-7,9,12-15H,8H2,1-3H3/b25-19+,27-21+;;/t26-,28+,29+,30-,31+,32-,33+,34-,36+,37-,38-,39+,40+,44+;;/m0../s1. The van der Waals surface area contributed by atoms with Crippen LogP contribution < -0.4 is 10.0 Å². The number of Topliss-reactive ketones (excluding diaryl/α,β-unsaturated/α-hetero) is 2. The van der Waals surface area contributed by atoms with Crippen molar-refractivity contribution in [1.29, 1.82) is 0 Å². The van der Waals surface area contributed by atoms with Gasteiger partial charge in [-0.15, -0.1) is 6.58 Å². The number of carbonyl (C=O) groups excluding carboxylic acids is 4. The van der Waals surface area contributed by atoms with Gasteiger partial charge in [0.15, 0.2) is 0 Å². The maximum absolute atomic E-state index is 14.3. The molecular weight excluding hydrogens is 1260 g/mol. The van der Waals surface area contributed by atoms with Gasteiger partial charge in [-0.3, -0.25) is 19.1 Å². The molecular formula is C76H120N4O16S. The third-order valence-corrected chi connectivity index (χ3v) is 21.6. The Labute approximate surface area is 579 Å². The number of amides is 1. The average molecular weight is 1380 g/mol. The Morgan fingerprint density at radius 1 is 0.804 bits per heavy atom. The van der Waals surface area contributed by atoms with E-state index in [1.54, 1.807) is 51.3 Å². The molecule has 4 heterocycles. The van der Waals surface area contributed by atoms with Gasteiger partial charge in [-0.2, -0.15) is 0 Å². The monoisotopic (exact) mass is 1380 g/mol. The van der Waals surface area contributed by atoms with Gasteiger partial charge in [-0.05, 0) is 170 Å². The van der Waals surface area contributed by atoms with Crippen LogP contribution in [0.2, 0.25) is 0 Å². The number of benzene rings is 2. The number of fused-ring (bicyclic) bond motifs is 3. The summed E-state index contributed by atoms with van der Waals surface area (Å²) in [7, 11) is 1.35. The number of piperidine rings is 2. The van der Waals surface area contributed by atoms with Crippen LogP contribution in [0.15, 0.2) is 90.6 Å². The van der Waals surface area contributed by atoms with E-state index in [0.717, 1.165) is 35.9 Å². The van der Waals surface area contributed by atoms with Gasteiger partial charge in [0.05, 0.1) is 48.5 Å². The SMILES string of the molecule is C=CC[C@@H]1/C=C(\C)C[C@H](C)C[C@H](OC)[C@H]2O[C@@](O)(C(=O)C(=O)N3CCCC[C@H]3C(=O)O[C@H](/C(C)=C/[C@@H]3CC[C@@H](O)[C@H](OC)C3)[C@H](C)[C@@H](O)CC1=O)[C@H](C)C[C@@H]2OC.CC(C)NCC(O)c1ccc(NS(C)(=O)=O)cc1.OC(CCN1CCCCC1)(c1ccccc1)C1CCCCC1. The van der Waals surface area contributed by atoms with E-state index >= 15 is 0 Å². The van der Waals surface area contributed by atoms with E-state index in [1.165, 1.54) is 83.6 Å². The van der Waals surface area contributed by atoms with Crippen molar-refractivity contribution in [3.63, 3.8) is 0 Å². The zero-order valence-corrected chi connectivity index (χ0v) is 60.9. The third-order valence-electron chi connectivity index (χ3n) is 21.0. The summed E-state index contributed by atoms with van der Waals surface area (Å²) in [6.07, 6.45) is 16.6. The van der Waals surface area contributed by atoms with Crippen LogP contribution in [-0.4, -0.2) is 188 Å². The largest absolute Gasteiger partial charge is 0.456 e. The zero-order valence-electron chi connectivity index (χ0n) is 60.1. The molecule has 0 aromatic heterocycles. The lowest BCUT2D eigenvalue weighted by Crippen LogP contribution is -2.64. The Kier molecular flexibility index (Phi) is 32.6. The topological polar surface area (TPSA) is 280 Å². The van der Waals surface area contributed by atoms with Crippen LogP contribution in [-0.2, 0) is 58.5 Å². The van der Waals surface area contributed by atoms with Crippen molar-refractivity contribution in [3.05, 3.63) is 102 Å². The molecule has 2 aliphatic carbocycles. The molecule has 8 rings (SSSR count). The fraction of sp³-hybridized carbons (Fsp3) is 0.711. The molecule has 1 amide bonds. The van der Waals surface area contributed by atoms with E-state index in [4.69, 9.17) is 23.7 Å². The number of cyclic esters (lactones) is 1. The fourth-order valence-electron chi connectivity index (χ4n) is 15.3. The molecule has 2 aromatic carbocycles. The van der Waals surface area contributed by atoms with Crippen molar-refractivity contribution in [3.8, 4) is 0 Å². The fourth-order valence-corrected chi connectivity index (χ4v) is 15.8. The summed E-state index contributed by atoms with van der Waals surface area (Å²) >= 11 is 0. The summed E-state index contributed by atoms with van der Waals surface area (Å²) in [5.41, 5.74) is 3.36. The minimum absolute atomic E-state index is 0.00988. The summed E-state index contributed by atoms with van der Waals surface area (Å²) in [5.74, 6) is -7.32. The second-order valence-electron chi connectivity index (χ2n) is 29.1. The number of esters is 1. The van der Waals surface area contributed by atoms with Crippen LogP contribution in [0.1, 0.15) is 194 Å². The van der Waals surface area contributed by atoms with Gasteiger partial charge in [-0.25, -0.2) is 13.2 Å². The predicted octanol–water partition coefficient (Wildman–Crippen LogP) is 10.1. The second-order valence-corrected chi connectivity index (χ2v) is 30.9. The van der Waals surface area contributed by atoms with Gasteiger partial charge in [0.25, 0.3) is 11.7 Å². The lowest BCUT2D eigenvalue weighted by Gasteiger charge is -2.47. The van der Waals surface area contributed by atoms with Crippen molar-refractivity contribution < 1.29 is 76.8 Å². The normalized spacial score (nSPS) is 32.1. The first kappa shape index (κ1) is 81.2. The van der Waals surface area contributed by atoms with E-state index < -0.39 is 106 Å². The number of aliphatic hydroxyl groups is 5. The molecule has 16 atom stereocenters. The lowest BCUT2D eigenvalue weighted by atomic mass is 9.71. The van der Waals surface area contributed by atoms with Crippen LogP contribution >= 0.6 is 0 Å². The van der Waals surface area contributed by atoms with Crippen LogP contribution in [0, 0.1) is 35.5 Å². The predicted molar refractivity (Wildman–Crippen MR) is 377 cm³/mol. The number of allylic oxidation sites excluding steroid dienone is 4. The third kappa shape index (κ3) is 23.7. The van der Waals surface area contributed by atoms with Crippen LogP contribution in [0.25, 0.3) is 0 Å². The van der Waals surface area contributed by atoms with Crippen LogP contribution in [0.5, 0.6) is 0 Å². The van der Waals surface area contributed by atoms with Gasteiger partial charge >= 0.3 is 5.97 Å². The number of carbonyl (C=O) groups is 4. The summed E-state index contributed by atoms with van der Waals surface area (Å²) in [5, 5.41) is 58.8. The molecule has 0 spiro atoms. The molecule has 20 nitrogen and oxygen atoms in total. The van der Waals surface area contributed by atoms with Gasteiger partial charge < -0.3 is 64.3 Å². The highest BCUT2D eigenvalue weighted by Gasteiger charge is 2.57. The molecule has 97 heavy (non-hydrogen) atoms. The maximum Gasteiger partial charge on any atom is 0.329 e. The molecule has 4 aliphatic heterocycles. The minimum Gasteiger partial charge on any atom is -0.456 e. The average Bonchev–Trinajstić information content (AvgIpc) is 0.830. The Morgan fingerprint density at radius 3 is 2.04 bits per heavy atom. The smallest absolute Gasteiger partial charge is 0.329 e. The molecule has 3 saturated heterocycles. The molecule has 546 valence electrons. The Bertz CT molecular complexity index is 2960. The summed E-state index contributed by atoms with van der Waals surface area (Å²) < 4.78 is 54.2. The van der Waals surface area contributed by atoms with Crippen LogP contribution in [0.4, 0.5) is 5.69 Å². The highest BCUT2D eigenvalue weighted by molar-refractivity contribution is 7.92. The number of rotatable bonds is 18. The number of sulfonamides is 1. The first-order chi connectivity index (χ1) is 46.0. The highest BCUT2D eigenvalue weighted by atomic mass is 32.2. The number of anilines is 1. The molecule has 21 heteroatoms. The summed E-state index contributed by atoms with van der Waals surface area (Å²) in [4.78, 5) is 60.4. The molecule has 2 saturated carbocycles. The van der Waals surface area contributed by atoms with Crippen LogP contribution in [0.3, 0.4) is 0 Å².